The molecule has 0 aliphatic heterocycles. The van der Waals surface area contributed by atoms with Crippen molar-refractivity contribution in [2.24, 2.45) is 0 Å². The van der Waals surface area contributed by atoms with Gasteiger partial charge in [-0.15, -0.1) is 0 Å². The van der Waals surface area contributed by atoms with Gasteiger partial charge in [-0.1, -0.05) is 18.2 Å². The monoisotopic (exact) mass is 259 g/mol. The average molecular weight is 259 g/mol. The molecule has 0 radical (unpaired) electrons. The number of carbonyl (C=O) groups is 2. The summed E-state index contributed by atoms with van der Waals surface area (Å²) in [6, 6.07) is 11.8. The molecule has 0 unspecified atom stereocenters. The SMILES string of the molecule is CCN(C(=O)c1ccc(C(=O)O)o1)c1ccccc1. The van der Waals surface area contributed by atoms with Crippen LogP contribution in [0.25, 0.3) is 0 Å². The molecule has 0 saturated carbocycles. The molecule has 0 fully saturated rings. The van der Waals surface area contributed by atoms with Crippen molar-refractivity contribution in [2.45, 2.75) is 6.92 Å². The van der Waals surface area contributed by atoms with Crippen LogP contribution in [0, 0.1) is 0 Å². The van der Waals surface area contributed by atoms with Crippen LogP contribution in [0.5, 0.6) is 0 Å². The molecular formula is C14H13NO4. The fraction of sp³-hybridized carbons (Fsp3) is 0.143. The summed E-state index contributed by atoms with van der Waals surface area (Å²) in [5.41, 5.74) is 0.739. The van der Waals surface area contributed by atoms with Gasteiger partial charge in [-0.3, -0.25) is 4.79 Å². The molecule has 0 atom stereocenters. The van der Waals surface area contributed by atoms with E-state index in [2.05, 4.69) is 0 Å². The Kier molecular flexibility index (Phi) is 3.66. The second-order valence-corrected chi connectivity index (χ2v) is 3.85. The van der Waals surface area contributed by atoms with Crippen LogP contribution < -0.4 is 4.90 Å². The van der Waals surface area contributed by atoms with Crippen LogP contribution in [0.15, 0.2) is 46.9 Å². The van der Waals surface area contributed by atoms with E-state index >= 15 is 0 Å². The molecule has 5 nitrogen and oxygen atoms in total. The van der Waals surface area contributed by atoms with Gasteiger partial charge in [0.1, 0.15) is 0 Å². The zero-order chi connectivity index (χ0) is 13.8. The predicted octanol–water partition coefficient (Wildman–Crippen LogP) is 2.64. The summed E-state index contributed by atoms with van der Waals surface area (Å²) in [5.74, 6) is -1.78. The third-order valence-electron chi connectivity index (χ3n) is 2.66. The van der Waals surface area contributed by atoms with E-state index in [-0.39, 0.29) is 17.4 Å². The quantitative estimate of drug-likeness (QED) is 0.916. The lowest BCUT2D eigenvalue weighted by Crippen LogP contribution is -2.30. The first-order valence-corrected chi connectivity index (χ1v) is 5.83. The van der Waals surface area contributed by atoms with Crippen LogP contribution in [0.4, 0.5) is 5.69 Å². The van der Waals surface area contributed by atoms with Gasteiger partial charge >= 0.3 is 5.97 Å². The number of nitrogens with zero attached hydrogens (tertiary/aromatic N) is 1. The first-order chi connectivity index (χ1) is 9.13. The van der Waals surface area contributed by atoms with Crippen LogP contribution in [0.3, 0.4) is 0 Å². The van der Waals surface area contributed by atoms with Gasteiger partial charge in [-0.25, -0.2) is 4.79 Å². The van der Waals surface area contributed by atoms with E-state index in [1.165, 1.54) is 17.0 Å². The van der Waals surface area contributed by atoms with Crippen LogP contribution in [0.2, 0.25) is 0 Å². The molecule has 1 aromatic carbocycles. The maximum Gasteiger partial charge on any atom is 0.371 e. The third kappa shape index (κ3) is 2.65. The van der Waals surface area contributed by atoms with Crippen LogP contribution in [-0.4, -0.2) is 23.5 Å². The number of carboxylic acids is 1. The lowest BCUT2D eigenvalue weighted by Gasteiger charge is -2.19. The van der Waals surface area contributed by atoms with E-state index in [1.807, 2.05) is 37.3 Å². The summed E-state index contributed by atoms with van der Waals surface area (Å²) in [4.78, 5) is 24.5. The Morgan fingerprint density at radius 2 is 1.74 bits per heavy atom. The largest absolute Gasteiger partial charge is 0.475 e. The highest BCUT2D eigenvalue weighted by Crippen LogP contribution is 2.18. The number of anilines is 1. The number of rotatable bonds is 4. The molecule has 1 heterocycles. The molecule has 0 bridgehead atoms. The molecular weight excluding hydrogens is 246 g/mol. The first kappa shape index (κ1) is 12.9. The molecule has 2 aromatic rings. The minimum absolute atomic E-state index is 0.0168. The van der Waals surface area contributed by atoms with Gasteiger partial charge < -0.3 is 14.4 Å². The standard InChI is InChI=1S/C14H13NO4/c1-2-15(10-6-4-3-5-7-10)13(16)11-8-9-12(19-11)14(17)18/h3-9H,2H2,1H3,(H,17,18). The maximum absolute atomic E-state index is 12.3. The Balaban J connectivity index is 2.28. The molecule has 2 rings (SSSR count). The Morgan fingerprint density at radius 3 is 2.26 bits per heavy atom. The van der Waals surface area contributed by atoms with Gasteiger partial charge in [-0.05, 0) is 31.2 Å². The summed E-state index contributed by atoms with van der Waals surface area (Å²) in [7, 11) is 0. The molecule has 1 aromatic heterocycles. The molecule has 0 spiro atoms. The topological polar surface area (TPSA) is 70.8 Å². The highest BCUT2D eigenvalue weighted by molar-refractivity contribution is 6.04. The van der Waals surface area contributed by atoms with Gasteiger partial charge in [-0.2, -0.15) is 0 Å². The van der Waals surface area contributed by atoms with Gasteiger partial charge in [0.15, 0.2) is 5.76 Å². The molecule has 19 heavy (non-hydrogen) atoms. The number of carbonyl (C=O) groups excluding carboxylic acids is 1. The van der Waals surface area contributed by atoms with Crippen molar-refractivity contribution in [1.29, 1.82) is 0 Å². The minimum Gasteiger partial charge on any atom is -0.475 e. The van der Waals surface area contributed by atoms with E-state index in [0.29, 0.717) is 6.54 Å². The summed E-state index contributed by atoms with van der Waals surface area (Å²) in [5, 5.41) is 8.77. The summed E-state index contributed by atoms with van der Waals surface area (Å²) >= 11 is 0. The summed E-state index contributed by atoms with van der Waals surface area (Å²) in [6.45, 7) is 2.30. The van der Waals surface area contributed by atoms with Crippen molar-refractivity contribution >= 4 is 17.6 Å². The van der Waals surface area contributed by atoms with E-state index in [4.69, 9.17) is 9.52 Å². The molecule has 5 heteroatoms. The summed E-state index contributed by atoms with van der Waals surface area (Å²) in [6.07, 6.45) is 0. The molecule has 1 N–H and O–H groups in total. The van der Waals surface area contributed by atoms with E-state index in [0.717, 1.165) is 5.69 Å². The zero-order valence-corrected chi connectivity index (χ0v) is 10.4. The van der Waals surface area contributed by atoms with Crippen LogP contribution in [0.1, 0.15) is 28.0 Å². The molecule has 98 valence electrons. The fourth-order valence-electron chi connectivity index (χ4n) is 1.75. The highest BCUT2D eigenvalue weighted by atomic mass is 16.4. The van der Waals surface area contributed by atoms with Crippen molar-refractivity contribution in [3.8, 4) is 0 Å². The number of hydrogen-bond donors (Lipinski definition) is 1. The Morgan fingerprint density at radius 1 is 1.11 bits per heavy atom. The molecule has 0 aliphatic carbocycles. The number of amides is 1. The van der Waals surface area contributed by atoms with Gasteiger partial charge in [0.05, 0.1) is 0 Å². The van der Waals surface area contributed by atoms with Crippen LogP contribution in [-0.2, 0) is 0 Å². The highest BCUT2D eigenvalue weighted by Gasteiger charge is 2.20. The van der Waals surface area contributed by atoms with Crippen molar-refractivity contribution < 1.29 is 19.1 Å². The zero-order valence-electron chi connectivity index (χ0n) is 10.4. The van der Waals surface area contributed by atoms with Crippen molar-refractivity contribution in [1.82, 2.24) is 0 Å². The van der Waals surface area contributed by atoms with Crippen LogP contribution >= 0.6 is 0 Å². The van der Waals surface area contributed by atoms with E-state index < -0.39 is 5.97 Å². The molecule has 1 amide bonds. The molecule has 0 aliphatic rings. The number of hydrogen-bond acceptors (Lipinski definition) is 3. The maximum atomic E-state index is 12.3. The second kappa shape index (κ2) is 5.39. The number of benzene rings is 1. The average Bonchev–Trinajstić information content (AvgIpc) is 2.90. The fourth-order valence-corrected chi connectivity index (χ4v) is 1.75. The van der Waals surface area contributed by atoms with E-state index in [1.54, 1.807) is 0 Å². The van der Waals surface area contributed by atoms with Crippen molar-refractivity contribution in [3.63, 3.8) is 0 Å². The van der Waals surface area contributed by atoms with E-state index in [9.17, 15) is 9.59 Å². The number of carboxylic acid groups (broad SMARTS) is 1. The normalized spacial score (nSPS) is 10.2. The predicted molar refractivity (Wildman–Crippen MR) is 69.5 cm³/mol. The molecule has 0 saturated heterocycles. The number of furan rings is 1. The smallest absolute Gasteiger partial charge is 0.371 e. The second-order valence-electron chi connectivity index (χ2n) is 3.85. The third-order valence-corrected chi connectivity index (χ3v) is 2.66. The Hall–Kier alpha value is -2.56. The Bertz CT molecular complexity index is 589. The lowest BCUT2D eigenvalue weighted by molar-refractivity contribution is 0.0660. The Labute approximate surface area is 110 Å². The lowest BCUT2D eigenvalue weighted by atomic mass is 10.2. The number of aromatic carboxylic acids is 1. The minimum atomic E-state index is -1.19. The number of para-hydroxylation sites is 1. The van der Waals surface area contributed by atoms with Crippen molar-refractivity contribution in [3.05, 3.63) is 54.0 Å². The van der Waals surface area contributed by atoms with Gasteiger partial charge in [0.2, 0.25) is 5.76 Å². The van der Waals surface area contributed by atoms with Gasteiger partial charge in [0, 0.05) is 12.2 Å². The van der Waals surface area contributed by atoms with Gasteiger partial charge in [0.25, 0.3) is 5.91 Å². The summed E-state index contributed by atoms with van der Waals surface area (Å²) < 4.78 is 5.02. The van der Waals surface area contributed by atoms with Crippen molar-refractivity contribution in [2.75, 3.05) is 11.4 Å². The first-order valence-electron chi connectivity index (χ1n) is 5.83.